The van der Waals surface area contributed by atoms with Crippen LogP contribution in [0, 0.1) is 12.7 Å². The molecule has 0 fully saturated rings. The average molecular weight is 350 g/mol. The van der Waals surface area contributed by atoms with Crippen LogP contribution in [0.3, 0.4) is 0 Å². The summed E-state index contributed by atoms with van der Waals surface area (Å²) in [6.45, 7) is 2.24. The standard InChI is InChI=1S/C16H13ClFN3OS/c1-9-2-7-12(17)14-13(9)20-16(23-14)21-15(22)19-8-10-3-5-11(18)6-4-10/h2-7H,8H2,1H3,(H2,19,20,21,22). The Bertz CT molecular complexity index is 825. The van der Waals surface area contributed by atoms with Crippen molar-refractivity contribution in [3.63, 3.8) is 0 Å². The summed E-state index contributed by atoms with van der Waals surface area (Å²) >= 11 is 7.47. The summed E-state index contributed by atoms with van der Waals surface area (Å²) in [5, 5.41) is 6.49. The highest BCUT2D eigenvalue weighted by Crippen LogP contribution is 2.33. The maximum Gasteiger partial charge on any atom is 0.321 e. The maximum absolute atomic E-state index is 12.8. The molecule has 0 aliphatic rings. The van der Waals surface area contributed by atoms with E-state index in [0.717, 1.165) is 21.3 Å². The largest absolute Gasteiger partial charge is 0.334 e. The van der Waals surface area contributed by atoms with Gasteiger partial charge in [-0.2, -0.15) is 0 Å². The van der Waals surface area contributed by atoms with E-state index in [4.69, 9.17) is 11.6 Å². The number of anilines is 1. The summed E-state index contributed by atoms with van der Waals surface area (Å²) in [6.07, 6.45) is 0. The molecule has 0 spiro atoms. The van der Waals surface area contributed by atoms with Crippen molar-refractivity contribution in [3.8, 4) is 0 Å². The van der Waals surface area contributed by atoms with Crippen LogP contribution < -0.4 is 10.6 Å². The van der Waals surface area contributed by atoms with Gasteiger partial charge in [0.15, 0.2) is 5.13 Å². The molecule has 7 heteroatoms. The molecule has 0 aliphatic heterocycles. The molecule has 2 N–H and O–H groups in total. The van der Waals surface area contributed by atoms with E-state index in [1.807, 2.05) is 19.1 Å². The van der Waals surface area contributed by atoms with Crippen molar-refractivity contribution in [1.82, 2.24) is 10.3 Å². The number of rotatable bonds is 3. The predicted molar refractivity (Wildman–Crippen MR) is 91.6 cm³/mol. The Morgan fingerprint density at radius 1 is 1.26 bits per heavy atom. The molecule has 1 aromatic heterocycles. The lowest BCUT2D eigenvalue weighted by atomic mass is 10.2. The third kappa shape index (κ3) is 3.60. The zero-order valence-corrected chi connectivity index (χ0v) is 13.8. The van der Waals surface area contributed by atoms with E-state index in [0.29, 0.717) is 16.7 Å². The molecule has 0 saturated heterocycles. The highest BCUT2D eigenvalue weighted by molar-refractivity contribution is 7.23. The summed E-state index contributed by atoms with van der Waals surface area (Å²) in [5.41, 5.74) is 2.60. The molecule has 118 valence electrons. The number of benzene rings is 2. The van der Waals surface area contributed by atoms with Gasteiger partial charge >= 0.3 is 6.03 Å². The van der Waals surface area contributed by atoms with Gasteiger partial charge < -0.3 is 5.32 Å². The Labute approximate surface area is 141 Å². The van der Waals surface area contributed by atoms with Crippen molar-refractivity contribution in [2.24, 2.45) is 0 Å². The van der Waals surface area contributed by atoms with E-state index in [2.05, 4.69) is 15.6 Å². The van der Waals surface area contributed by atoms with Gasteiger partial charge in [-0.3, -0.25) is 5.32 Å². The second kappa shape index (κ2) is 6.52. The highest BCUT2D eigenvalue weighted by atomic mass is 35.5. The number of hydrogen-bond acceptors (Lipinski definition) is 3. The highest BCUT2D eigenvalue weighted by Gasteiger charge is 2.11. The van der Waals surface area contributed by atoms with Gasteiger partial charge in [-0.1, -0.05) is 41.1 Å². The number of urea groups is 1. The third-order valence-corrected chi connectivity index (χ3v) is 4.72. The van der Waals surface area contributed by atoms with Crippen LogP contribution in [0.25, 0.3) is 10.2 Å². The smallest absolute Gasteiger partial charge is 0.321 e. The topological polar surface area (TPSA) is 54.0 Å². The molecule has 0 saturated carbocycles. The second-order valence-corrected chi connectivity index (χ2v) is 6.40. The summed E-state index contributed by atoms with van der Waals surface area (Å²) < 4.78 is 13.7. The third-order valence-electron chi connectivity index (χ3n) is 3.28. The summed E-state index contributed by atoms with van der Waals surface area (Å²) in [4.78, 5) is 16.3. The zero-order chi connectivity index (χ0) is 16.4. The van der Waals surface area contributed by atoms with Crippen molar-refractivity contribution >= 4 is 44.3 Å². The first kappa shape index (κ1) is 15.7. The molecule has 0 bridgehead atoms. The minimum Gasteiger partial charge on any atom is -0.334 e. The Hall–Kier alpha value is -2.18. The van der Waals surface area contributed by atoms with Crippen LogP contribution in [0.2, 0.25) is 5.02 Å². The molecule has 4 nitrogen and oxygen atoms in total. The van der Waals surface area contributed by atoms with Crippen LogP contribution in [-0.2, 0) is 6.54 Å². The maximum atomic E-state index is 12.8. The number of amides is 2. The van der Waals surface area contributed by atoms with E-state index in [1.165, 1.54) is 23.5 Å². The van der Waals surface area contributed by atoms with Crippen molar-refractivity contribution in [2.45, 2.75) is 13.5 Å². The molecule has 0 aliphatic carbocycles. The number of hydrogen-bond donors (Lipinski definition) is 2. The second-order valence-electron chi connectivity index (χ2n) is 5.00. The number of carbonyl (C=O) groups excluding carboxylic acids is 1. The molecule has 0 radical (unpaired) electrons. The monoisotopic (exact) mass is 349 g/mol. The van der Waals surface area contributed by atoms with Crippen LogP contribution >= 0.6 is 22.9 Å². The first-order valence-corrected chi connectivity index (χ1v) is 8.07. The lowest BCUT2D eigenvalue weighted by Crippen LogP contribution is -2.28. The number of thiazole rings is 1. The van der Waals surface area contributed by atoms with E-state index in [9.17, 15) is 9.18 Å². The SMILES string of the molecule is Cc1ccc(Cl)c2sc(NC(=O)NCc3ccc(F)cc3)nc12. The van der Waals surface area contributed by atoms with Crippen LogP contribution in [0.5, 0.6) is 0 Å². The van der Waals surface area contributed by atoms with Gasteiger partial charge in [0.1, 0.15) is 5.82 Å². The molecule has 2 aromatic carbocycles. The number of carbonyl (C=O) groups is 1. The number of halogens is 2. The van der Waals surface area contributed by atoms with E-state index < -0.39 is 0 Å². The van der Waals surface area contributed by atoms with Gasteiger partial charge in [0, 0.05) is 6.54 Å². The van der Waals surface area contributed by atoms with Gasteiger partial charge in [0.2, 0.25) is 0 Å². The lowest BCUT2D eigenvalue weighted by molar-refractivity contribution is 0.251. The predicted octanol–water partition coefficient (Wildman–Crippen LogP) is 4.72. The minimum absolute atomic E-state index is 0.302. The number of nitrogens with zero attached hydrogens (tertiary/aromatic N) is 1. The average Bonchev–Trinajstić information content (AvgIpc) is 2.95. The van der Waals surface area contributed by atoms with Gasteiger partial charge in [-0.05, 0) is 36.2 Å². The fourth-order valence-electron chi connectivity index (χ4n) is 2.08. The Morgan fingerprint density at radius 3 is 2.70 bits per heavy atom. The van der Waals surface area contributed by atoms with Gasteiger partial charge in [0.05, 0.1) is 15.2 Å². The van der Waals surface area contributed by atoms with E-state index >= 15 is 0 Å². The molecule has 2 amide bonds. The minimum atomic E-state index is -0.373. The van der Waals surface area contributed by atoms with Crippen LogP contribution in [0.15, 0.2) is 36.4 Å². The van der Waals surface area contributed by atoms with E-state index in [-0.39, 0.29) is 11.8 Å². The van der Waals surface area contributed by atoms with Crippen molar-refractivity contribution in [1.29, 1.82) is 0 Å². The van der Waals surface area contributed by atoms with Crippen molar-refractivity contribution < 1.29 is 9.18 Å². The molecule has 1 heterocycles. The normalized spacial score (nSPS) is 10.7. The zero-order valence-electron chi connectivity index (χ0n) is 12.2. The Morgan fingerprint density at radius 2 is 2.00 bits per heavy atom. The first-order chi connectivity index (χ1) is 11.0. The molecule has 23 heavy (non-hydrogen) atoms. The first-order valence-electron chi connectivity index (χ1n) is 6.88. The number of fused-ring (bicyclic) bond motifs is 1. The molecular formula is C16H13ClFN3OS. The van der Waals surface area contributed by atoms with E-state index in [1.54, 1.807) is 12.1 Å². The summed E-state index contributed by atoms with van der Waals surface area (Å²) in [7, 11) is 0. The quantitative estimate of drug-likeness (QED) is 0.719. The Balaban J connectivity index is 1.67. The van der Waals surface area contributed by atoms with Gasteiger partial charge in [-0.25, -0.2) is 14.2 Å². The van der Waals surface area contributed by atoms with Crippen LogP contribution in [-0.4, -0.2) is 11.0 Å². The van der Waals surface area contributed by atoms with Crippen LogP contribution in [0.4, 0.5) is 14.3 Å². The van der Waals surface area contributed by atoms with Gasteiger partial charge in [-0.15, -0.1) is 0 Å². The van der Waals surface area contributed by atoms with Crippen molar-refractivity contribution in [3.05, 3.63) is 58.4 Å². The number of aryl methyl sites for hydroxylation is 1. The molecular weight excluding hydrogens is 337 g/mol. The Kier molecular flexibility index (Phi) is 4.45. The molecule has 0 atom stereocenters. The fraction of sp³-hybridized carbons (Fsp3) is 0.125. The lowest BCUT2D eigenvalue weighted by Gasteiger charge is -2.05. The summed E-state index contributed by atoms with van der Waals surface area (Å²) in [6, 6.07) is 9.29. The fourth-order valence-corrected chi connectivity index (χ4v) is 3.29. The number of aromatic nitrogens is 1. The van der Waals surface area contributed by atoms with Crippen LogP contribution in [0.1, 0.15) is 11.1 Å². The summed E-state index contributed by atoms with van der Waals surface area (Å²) in [5.74, 6) is -0.306. The molecule has 3 rings (SSSR count). The molecule has 0 unspecified atom stereocenters. The molecule has 3 aromatic rings. The van der Waals surface area contributed by atoms with Gasteiger partial charge in [0.25, 0.3) is 0 Å². The number of nitrogens with one attached hydrogen (secondary N) is 2. The van der Waals surface area contributed by atoms with Crippen molar-refractivity contribution in [2.75, 3.05) is 5.32 Å².